The minimum Gasteiger partial charge on any atom is -0.369 e. The van der Waals surface area contributed by atoms with Gasteiger partial charge in [-0.25, -0.2) is 0 Å². The molecule has 1 aliphatic rings. The fraction of sp³-hybridized carbons (Fsp3) is 0.476. The van der Waals surface area contributed by atoms with Crippen molar-refractivity contribution in [2.45, 2.75) is 26.3 Å². The molecule has 29 heavy (non-hydrogen) atoms. The minimum absolute atomic E-state index is 0.0148. The van der Waals surface area contributed by atoms with E-state index in [-0.39, 0.29) is 12.5 Å². The first-order valence-electron chi connectivity index (χ1n) is 10.00. The Hall–Kier alpha value is -3.05. The molecule has 0 aliphatic carbocycles. The maximum Gasteiger partial charge on any atom is 0.243 e. The standard InChI is InChI=1S/C21H28N6O2/c1-15(2)13-18(21(28)24-8-7-22)25-19-14-29-26-20(19)16-3-5-17(6-4-16)27-11-9-23-10-12-27/h3-6,14-15,18,23,25H,8-13H2,1-2H3,(H,24,28)/t18-/m0/s1. The molecule has 0 saturated carbocycles. The summed E-state index contributed by atoms with van der Waals surface area (Å²) in [6, 6.07) is 9.68. The summed E-state index contributed by atoms with van der Waals surface area (Å²) in [4.78, 5) is 14.8. The van der Waals surface area contributed by atoms with Gasteiger partial charge >= 0.3 is 0 Å². The number of amides is 1. The lowest BCUT2D eigenvalue weighted by Crippen LogP contribution is -2.43. The van der Waals surface area contributed by atoms with Gasteiger partial charge < -0.3 is 25.4 Å². The van der Waals surface area contributed by atoms with Crippen LogP contribution in [0.4, 0.5) is 11.4 Å². The number of anilines is 2. The van der Waals surface area contributed by atoms with Crippen molar-refractivity contribution in [3.63, 3.8) is 0 Å². The molecule has 0 radical (unpaired) electrons. The van der Waals surface area contributed by atoms with Gasteiger partial charge in [0.1, 0.15) is 30.2 Å². The fourth-order valence-corrected chi connectivity index (χ4v) is 3.44. The number of nitrogens with one attached hydrogen (secondary N) is 3. The van der Waals surface area contributed by atoms with Crippen molar-refractivity contribution in [3.05, 3.63) is 30.5 Å². The van der Waals surface area contributed by atoms with Crippen LogP contribution >= 0.6 is 0 Å². The van der Waals surface area contributed by atoms with Gasteiger partial charge in [0.15, 0.2) is 0 Å². The van der Waals surface area contributed by atoms with Crippen LogP contribution in [0.25, 0.3) is 11.3 Å². The Bertz CT molecular complexity index is 834. The van der Waals surface area contributed by atoms with Crippen LogP contribution in [0.1, 0.15) is 20.3 Å². The van der Waals surface area contributed by atoms with E-state index in [0.29, 0.717) is 23.7 Å². The highest BCUT2D eigenvalue weighted by molar-refractivity contribution is 5.86. The van der Waals surface area contributed by atoms with E-state index in [4.69, 9.17) is 9.78 Å². The largest absolute Gasteiger partial charge is 0.369 e. The third-order valence-electron chi connectivity index (χ3n) is 4.89. The van der Waals surface area contributed by atoms with Crippen molar-refractivity contribution >= 4 is 17.3 Å². The van der Waals surface area contributed by atoms with E-state index in [2.05, 4.69) is 52.0 Å². The van der Waals surface area contributed by atoms with Crippen LogP contribution in [0.3, 0.4) is 0 Å². The predicted octanol–water partition coefficient (Wildman–Crippen LogP) is 2.22. The highest BCUT2D eigenvalue weighted by Crippen LogP contribution is 2.29. The molecule has 1 aliphatic heterocycles. The number of nitrogens with zero attached hydrogens (tertiary/aromatic N) is 3. The molecule has 1 fully saturated rings. The van der Waals surface area contributed by atoms with Crippen molar-refractivity contribution < 1.29 is 9.32 Å². The van der Waals surface area contributed by atoms with E-state index >= 15 is 0 Å². The van der Waals surface area contributed by atoms with E-state index in [1.165, 1.54) is 12.0 Å². The van der Waals surface area contributed by atoms with Crippen LogP contribution in [0, 0.1) is 17.2 Å². The summed E-state index contributed by atoms with van der Waals surface area (Å²) in [5.41, 5.74) is 3.43. The molecule has 1 amide bonds. The number of hydrogen-bond donors (Lipinski definition) is 3. The lowest BCUT2D eigenvalue weighted by atomic mass is 10.0. The highest BCUT2D eigenvalue weighted by Gasteiger charge is 2.22. The maximum absolute atomic E-state index is 12.4. The van der Waals surface area contributed by atoms with Crippen molar-refractivity contribution in [2.75, 3.05) is 42.9 Å². The molecular weight excluding hydrogens is 368 g/mol. The molecule has 0 unspecified atom stereocenters. The predicted molar refractivity (Wildman–Crippen MR) is 113 cm³/mol. The van der Waals surface area contributed by atoms with Crippen molar-refractivity contribution in [1.82, 2.24) is 15.8 Å². The average molecular weight is 396 g/mol. The monoisotopic (exact) mass is 396 g/mol. The van der Waals surface area contributed by atoms with Crippen LogP contribution in [-0.4, -0.2) is 49.8 Å². The molecule has 1 atom stereocenters. The molecule has 1 aromatic heterocycles. The molecule has 3 N–H and O–H groups in total. The number of rotatable bonds is 8. The van der Waals surface area contributed by atoms with Gasteiger partial charge in [0.05, 0.1) is 6.07 Å². The molecule has 2 aromatic rings. The van der Waals surface area contributed by atoms with E-state index in [9.17, 15) is 4.79 Å². The smallest absolute Gasteiger partial charge is 0.243 e. The molecule has 2 heterocycles. The van der Waals surface area contributed by atoms with Crippen molar-refractivity contribution in [2.24, 2.45) is 5.92 Å². The first-order valence-corrected chi connectivity index (χ1v) is 10.00. The normalized spacial score (nSPS) is 15.0. The van der Waals surface area contributed by atoms with Crippen LogP contribution in [0.2, 0.25) is 0 Å². The van der Waals surface area contributed by atoms with Gasteiger partial charge in [0.25, 0.3) is 0 Å². The zero-order valence-corrected chi connectivity index (χ0v) is 16.9. The molecule has 1 saturated heterocycles. The third-order valence-corrected chi connectivity index (χ3v) is 4.89. The Morgan fingerprint density at radius 3 is 2.69 bits per heavy atom. The summed E-state index contributed by atoms with van der Waals surface area (Å²) in [5, 5.41) is 22.1. The fourth-order valence-electron chi connectivity index (χ4n) is 3.44. The number of benzene rings is 1. The average Bonchev–Trinajstić information content (AvgIpc) is 3.20. The highest BCUT2D eigenvalue weighted by atomic mass is 16.5. The van der Waals surface area contributed by atoms with Gasteiger partial charge in [-0.15, -0.1) is 0 Å². The summed E-state index contributed by atoms with van der Waals surface area (Å²) >= 11 is 0. The number of piperazine rings is 1. The van der Waals surface area contributed by atoms with Crippen molar-refractivity contribution in [1.29, 1.82) is 5.26 Å². The van der Waals surface area contributed by atoms with Crippen LogP contribution in [0.15, 0.2) is 35.1 Å². The van der Waals surface area contributed by atoms with E-state index in [1.54, 1.807) is 0 Å². The topological polar surface area (TPSA) is 106 Å². The summed E-state index contributed by atoms with van der Waals surface area (Å²) in [5.74, 6) is 0.100. The number of hydrogen-bond acceptors (Lipinski definition) is 7. The van der Waals surface area contributed by atoms with Gasteiger partial charge in [-0.2, -0.15) is 5.26 Å². The van der Waals surface area contributed by atoms with Crippen LogP contribution in [-0.2, 0) is 4.79 Å². The minimum atomic E-state index is -0.471. The zero-order valence-electron chi connectivity index (χ0n) is 16.9. The number of carbonyl (C=O) groups is 1. The Labute approximate surface area is 171 Å². The zero-order chi connectivity index (χ0) is 20.6. The first-order chi connectivity index (χ1) is 14.1. The van der Waals surface area contributed by atoms with E-state index in [1.807, 2.05) is 18.2 Å². The summed E-state index contributed by atoms with van der Waals surface area (Å²) in [6.45, 7) is 8.05. The molecule has 0 spiro atoms. The summed E-state index contributed by atoms with van der Waals surface area (Å²) in [7, 11) is 0. The SMILES string of the molecule is CC(C)C[C@H](Nc1conc1-c1ccc(N2CCNCC2)cc1)C(=O)NCC#N. The quantitative estimate of drug-likeness (QED) is 0.588. The molecule has 154 valence electrons. The molecule has 1 aromatic carbocycles. The number of nitriles is 1. The maximum atomic E-state index is 12.4. The van der Waals surface area contributed by atoms with Gasteiger partial charge in [0, 0.05) is 37.4 Å². The second-order valence-electron chi connectivity index (χ2n) is 7.56. The summed E-state index contributed by atoms with van der Waals surface area (Å²) < 4.78 is 5.20. The molecule has 8 nitrogen and oxygen atoms in total. The Morgan fingerprint density at radius 1 is 1.31 bits per heavy atom. The lowest BCUT2D eigenvalue weighted by Gasteiger charge is -2.29. The van der Waals surface area contributed by atoms with E-state index < -0.39 is 6.04 Å². The Balaban J connectivity index is 1.75. The van der Waals surface area contributed by atoms with Gasteiger partial charge in [-0.05, 0) is 24.5 Å². The number of aromatic nitrogens is 1. The van der Waals surface area contributed by atoms with Gasteiger partial charge in [-0.3, -0.25) is 4.79 Å². The lowest BCUT2D eigenvalue weighted by molar-refractivity contribution is -0.121. The third kappa shape index (κ3) is 5.48. The molecule has 0 bridgehead atoms. The number of carbonyl (C=O) groups excluding carboxylic acids is 1. The summed E-state index contributed by atoms with van der Waals surface area (Å²) in [6.07, 6.45) is 2.15. The van der Waals surface area contributed by atoms with Gasteiger partial charge in [0.2, 0.25) is 5.91 Å². The van der Waals surface area contributed by atoms with Crippen LogP contribution in [0.5, 0.6) is 0 Å². The molecule has 3 rings (SSSR count). The molecular formula is C21H28N6O2. The Kier molecular flexibility index (Phi) is 7.09. The van der Waals surface area contributed by atoms with Crippen LogP contribution < -0.4 is 20.9 Å². The second-order valence-corrected chi connectivity index (χ2v) is 7.56. The second kappa shape index (κ2) is 9.94. The van der Waals surface area contributed by atoms with Crippen molar-refractivity contribution in [3.8, 4) is 17.3 Å². The first kappa shape index (κ1) is 20.7. The Morgan fingerprint density at radius 2 is 2.03 bits per heavy atom. The molecule has 8 heteroatoms. The van der Waals surface area contributed by atoms with E-state index in [0.717, 1.165) is 31.7 Å². The van der Waals surface area contributed by atoms with Gasteiger partial charge in [-0.1, -0.05) is 31.1 Å².